The van der Waals surface area contributed by atoms with E-state index in [4.69, 9.17) is 4.74 Å². The first-order valence-corrected chi connectivity index (χ1v) is 8.53. The summed E-state index contributed by atoms with van der Waals surface area (Å²) >= 11 is 1.48. The molecule has 0 aliphatic carbocycles. The van der Waals surface area contributed by atoms with Crippen molar-refractivity contribution in [1.82, 2.24) is 9.97 Å². The van der Waals surface area contributed by atoms with Gasteiger partial charge in [0.1, 0.15) is 16.6 Å². The summed E-state index contributed by atoms with van der Waals surface area (Å²) in [6.45, 7) is 2.00. The zero-order valence-corrected chi connectivity index (χ0v) is 13.8. The molecule has 120 valence electrons. The summed E-state index contributed by atoms with van der Waals surface area (Å²) in [4.78, 5) is 21.0. The molecule has 6 heteroatoms. The molecule has 0 bridgehead atoms. The summed E-state index contributed by atoms with van der Waals surface area (Å²) in [5.41, 5.74) is 2.04. The number of thiazole rings is 1. The molecule has 3 heterocycles. The predicted molar refractivity (Wildman–Crippen MR) is 93.2 cm³/mol. The normalized spacial score (nSPS) is 18.7. The van der Waals surface area contributed by atoms with Crippen LogP contribution in [0.5, 0.6) is 5.75 Å². The lowest BCUT2D eigenvalue weighted by Crippen LogP contribution is -2.33. The molecule has 1 aromatic carbocycles. The van der Waals surface area contributed by atoms with Gasteiger partial charge < -0.3 is 10.1 Å². The van der Waals surface area contributed by atoms with Gasteiger partial charge in [0.05, 0.1) is 0 Å². The van der Waals surface area contributed by atoms with Crippen LogP contribution in [0.3, 0.4) is 0 Å². The number of para-hydroxylation sites is 1. The van der Waals surface area contributed by atoms with Gasteiger partial charge in [0.15, 0.2) is 6.10 Å². The zero-order valence-electron chi connectivity index (χ0n) is 13.0. The van der Waals surface area contributed by atoms with Gasteiger partial charge in [-0.1, -0.05) is 25.1 Å². The molecule has 1 aliphatic rings. The van der Waals surface area contributed by atoms with Crippen LogP contribution in [0.15, 0.2) is 54.2 Å². The van der Waals surface area contributed by atoms with E-state index in [-0.39, 0.29) is 11.8 Å². The van der Waals surface area contributed by atoms with Gasteiger partial charge in [0, 0.05) is 34.8 Å². The minimum atomic E-state index is -0.534. The van der Waals surface area contributed by atoms with Crippen LogP contribution < -0.4 is 10.1 Å². The maximum Gasteiger partial charge on any atom is 0.267 e. The van der Waals surface area contributed by atoms with Crippen LogP contribution in [-0.2, 0) is 4.79 Å². The van der Waals surface area contributed by atoms with Crippen molar-refractivity contribution in [3.63, 3.8) is 0 Å². The Balaban J connectivity index is 1.49. The average molecular weight is 337 g/mol. The van der Waals surface area contributed by atoms with Gasteiger partial charge in [0.25, 0.3) is 5.91 Å². The molecule has 24 heavy (non-hydrogen) atoms. The smallest absolute Gasteiger partial charge is 0.267 e. The molecule has 0 saturated carbocycles. The summed E-state index contributed by atoms with van der Waals surface area (Å²) in [5, 5.41) is 5.54. The maximum absolute atomic E-state index is 12.6. The number of benzene rings is 1. The van der Waals surface area contributed by atoms with E-state index in [9.17, 15) is 4.79 Å². The third kappa shape index (κ3) is 2.65. The number of anilines is 1. The van der Waals surface area contributed by atoms with Crippen molar-refractivity contribution >= 4 is 23.1 Å². The van der Waals surface area contributed by atoms with Crippen molar-refractivity contribution in [2.24, 2.45) is 0 Å². The molecule has 0 radical (unpaired) electrons. The first-order valence-electron chi connectivity index (χ1n) is 7.65. The molecule has 1 amide bonds. The monoisotopic (exact) mass is 337 g/mol. The second-order valence-corrected chi connectivity index (χ2v) is 6.49. The zero-order chi connectivity index (χ0) is 16.5. The molecule has 1 aliphatic heterocycles. The molecule has 4 rings (SSSR count). The second kappa shape index (κ2) is 6.05. The van der Waals surface area contributed by atoms with Crippen molar-refractivity contribution in [2.75, 3.05) is 5.32 Å². The van der Waals surface area contributed by atoms with Crippen molar-refractivity contribution in [2.45, 2.75) is 18.9 Å². The van der Waals surface area contributed by atoms with Gasteiger partial charge in [-0.15, -0.1) is 11.3 Å². The Morgan fingerprint density at radius 2 is 2.00 bits per heavy atom. The van der Waals surface area contributed by atoms with Crippen LogP contribution >= 0.6 is 11.3 Å². The molecule has 1 N–H and O–H groups in total. The molecular formula is C18H15N3O2S. The lowest BCUT2D eigenvalue weighted by Gasteiger charge is -2.14. The largest absolute Gasteiger partial charge is 0.480 e. The van der Waals surface area contributed by atoms with E-state index in [0.717, 1.165) is 21.9 Å². The Labute approximate surface area is 143 Å². The number of fused-ring (bicyclic) bond motifs is 1. The molecule has 3 aromatic rings. The number of nitrogens with zero attached hydrogens (tertiary/aromatic N) is 2. The topological polar surface area (TPSA) is 64.1 Å². The van der Waals surface area contributed by atoms with Crippen LogP contribution in [0.1, 0.15) is 18.4 Å². The van der Waals surface area contributed by atoms with Crippen LogP contribution in [0.2, 0.25) is 0 Å². The number of carbonyl (C=O) groups excluding carboxylic acids is 1. The van der Waals surface area contributed by atoms with Gasteiger partial charge in [-0.05, 0) is 18.2 Å². The van der Waals surface area contributed by atoms with Crippen LogP contribution in [0, 0.1) is 0 Å². The highest BCUT2D eigenvalue weighted by molar-refractivity contribution is 7.13. The van der Waals surface area contributed by atoms with Crippen LogP contribution in [0.25, 0.3) is 10.6 Å². The minimum Gasteiger partial charge on any atom is -0.480 e. The highest BCUT2D eigenvalue weighted by atomic mass is 32.1. The Morgan fingerprint density at radius 3 is 2.79 bits per heavy atom. The molecular weight excluding hydrogens is 322 g/mol. The number of carbonyl (C=O) groups is 1. The maximum atomic E-state index is 12.6. The van der Waals surface area contributed by atoms with Gasteiger partial charge in [-0.3, -0.25) is 9.78 Å². The number of nitrogens with one attached hydrogen (secondary N) is 1. The van der Waals surface area contributed by atoms with E-state index in [1.807, 2.05) is 48.7 Å². The fourth-order valence-electron chi connectivity index (χ4n) is 2.80. The quantitative estimate of drug-likeness (QED) is 0.791. The van der Waals surface area contributed by atoms with E-state index in [1.165, 1.54) is 11.3 Å². The van der Waals surface area contributed by atoms with E-state index in [0.29, 0.717) is 5.82 Å². The molecule has 0 unspecified atom stereocenters. The average Bonchev–Trinajstić information content (AvgIpc) is 3.21. The summed E-state index contributed by atoms with van der Waals surface area (Å²) in [5.74, 6) is 1.16. The second-order valence-electron chi connectivity index (χ2n) is 5.63. The van der Waals surface area contributed by atoms with Gasteiger partial charge in [-0.2, -0.15) is 0 Å². The van der Waals surface area contributed by atoms with Gasteiger partial charge in [-0.25, -0.2) is 4.98 Å². The fourth-order valence-corrected chi connectivity index (χ4v) is 3.56. The first kappa shape index (κ1) is 14.8. The number of pyridine rings is 1. The summed E-state index contributed by atoms with van der Waals surface area (Å²) in [6.07, 6.45) is 2.91. The molecule has 2 aromatic heterocycles. The minimum absolute atomic E-state index is 0.0134. The number of hydrogen-bond acceptors (Lipinski definition) is 5. The number of hydrogen-bond donors (Lipinski definition) is 1. The number of rotatable bonds is 3. The van der Waals surface area contributed by atoms with Gasteiger partial charge in [0.2, 0.25) is 0 Å². The predicted octanol–water partition coefficient (Wildman–Crippen LogP) is 3.71. The lowest BCUT2D eigenvalue weighted by atomic mass is 9.97. The summed E-state index contributed by atoms with van der Waals surface area (Å²) in [6, 6.07) is 11.5. The lowest BCUT2D eigenvalue weighted by molar-refractivity contribution is -0.122. The van der Waals surface area contributed by atoms with Gasteiger partial charge >= 0.3 is 0 Å². The van der Waals surface area contributed by atoms with Crippen molar-refractivity contribution in [1.29, 1.82) is 0 Å². The third-order valence-electron chi connectivity index (χ3n) is 4.06. The van der Waals surface area contributed by atoms with Crippen molar-refractivity contribution < 1.29 is 9.53 Å². The number of aromatic nitrogens is 2. The molecule has 0 saturated heterocycles. The van der Waals surface area contributed by atoms with E-state index in [1.54, 1.807) is 12.4 Å². The van der Waals surface area contributed by atoms with E-state index >= 15 is 0 Å². The van der Waals surface area contributed by atoms with E-state index in [2.05, 4.69) is 15.3 Å². The molecule has 0 spiro atoms. The highest BCUT2D eigenvalue weighted by Crippen LogP contribution is 2.38. The van der Waals surface area contributed by atoms with Crippen molar-refractivity contribution in [3.05, 3.63) is 59.7 Å². The Hall–Kier alpha value is -2.73. The summed E-state index contributed by atoms with van der Waals surface area (Å²) < 4.78 is 5.80. The van der Waals surface area contributed by atoms with Crippen LogP contribution in [0.4, 0.5) is 5.82 Å². The van der Waals surface area contributed by atoms with E-state index < -0.39 is 6.10 Å². The Morgan fingerprint density at radius 1 is 1.21 bits per heavy atom. The number of ether oxygens (including phenoxy) is 1. The van der Waals surface area contributed by atoms with Crippen molar-refractivity contribution in [3.8, 4) is 16.3 Å². The SMILES string of the molecule is C[C@@H]1c2ccccc2O[C@H]1C(=O)Nc1csc(-c2ccncc2)n1. The first-order chi connectivity index (χ1) is 11.7. The Bertz CT molecular complexity index is 879. The number of amides is 1. The molecule has 0 fully saturated rings. The molecule has 5 nitrogen and oxygen atoms in total. The Kier molecular flexibility index (Phi) is 3.74. The third-order valence-corrected chi connectivity index (χ3v) is 4.95. The standard InChI is InChI=1S/C18H15N3O2S/c1-11-13-4-2-3-5-14(13)23-16(11)17(22)20-15-10-24-18(21-15)12-6-8-19-9-7-12/h2-11,16H,1H3,(H,20,22)/t11-,16-/m1/s1. The summed E-state index contributed by atoms with van der Waals surface area (Å²) in [7, 11) is 0. The highest BCUT2D eigenvalue weighted by Gasteiger charge is 2.36. The fraction of sp³-hybridized carbons (Fsp3) is 0.167. The molecule has 2 atom stereocenters. The van der Waals surface area contributed by atoms with Crippen LogP contribution in [-0.4, -0.2) is 22.0 Å².